The molecular weight excluding hydrogens is 230 g/mol. The highest BCUT2D eigenvalue weighted by Gasteiger charge is 2.19. The molecule has 0 fully saturated rings. The van der Waals surface area contributed by atoms with Crippen molar-refractivity contribution in [1.82, 2.24) is 4.98 Å². The SMILES string of the molecule is Cc1cc(Nc2c[c]ccc2)c([N+](=O)[O-])c(C)n1. The Hall–Kier alpha value is -2.43. The number of nitrogens with zero attached hydrogens (tertiary/aromatic N) is 2. The molecule has 0 aliphatic heterocycles. The van der Waals surface area contributed by atoms with E-state index in [9.17, 15) is 10.1 Å². The van der Waals surface area contributed by atoms with Crippen molar-refractivity contribution >= 4 is 17.1 Å². The van der Waals surface area contributed by atoms with E-state index in [1.807, 2.05) is 12.1 Å². The van der Waals surface area contributed by atoms with Crippen molar-refractivity contribution in [3.05, 3.63) is 57.9 Å². The predicted octanol–water partition coefficient (Wildman–Crippen LogP) is 3.15. The van der Waals surface area contributed by atoms with Crippen LogP contribution in [0.1, 0.15) is 11.4 Å². The largest absolute Gasteiger partial charge is 0.350 e. The average molecular weight is 242 g/mol. The number of hydrogen-bond donors (Lipinski definition) is 1. The molecule has 91 valence electrons. The fraction of sp³-hybridized carbons (Fsp3) is 0.154. The van der Waals surface area contributed by atoms with E-state index in [4.69, 9.17) is 0 Å². The Morgan fingerprint density at radius 3 is 2.83 bits per heavy atom. The Labute approximate surface area is 105 Å². The van der Waals surface area contributed by atoms with Crippen LogP contribution in [-0.2, 0) is 0 Å². The van der Waals surface area contributed by atoms with Crippen LogP contribution in [0, 0.1) is 30.0 Å². The lowest BCUT2D eigenvalue weighted by Crippen LogP contribution is -2.02. The van der Waals surface area contributed by atoms with Gasteiger partial charge in [0.25, 0.3) is 0 Å². The normalized spacial score (nSPS) is 10.1. The van der Waals surface area contributed by atoms with Gasteiger partial charge in [-0.1, -0.05) is 12.1 Å². The van der Waals surface area contributed by atoms with Gasteiger partial charge >= 0.3 is 5.69 Å². The van der Waals surface area contributed by atoms with E-state index in [0.717, 1.165) is 11.4 Å². The molecule has 1 aromatic carbocycles. The highest BCUT2D eigenvalue weighted by atomic mass is 16.6. The minimum Gasteiger partial charge on any atom is -0.350 e. The molecule has 1 heterocycles. The number of benzene rings is 1. The topological polar surface area (TPSA) is 68.1 Å². The summed E-state index contributed by atoms with van der Waals surface area (Å²) < 4.78 is 0. The van der Waals surface area contributed by atoms with E-state index in [1.54, 1.807) is 32.0 Å². The first-order valence-electron chi connectivity index (χ1n) is 5.43. The van der Waals surface area contributed by atoms with Crippen molar-refractivity contribution in [3.63, 3.8) is 0 Å². The molecule has 5 heteroatoms. The summed E-state index contributed by atoms with van der Waals surface area (Å²) in [4.78, 5) is 14.7. The lowest BCUT2D eigenvalue weighted by Gasteiger charge is -2.09. The first-order valence-corrected chi connectivity index (χ1v) is 5.43. The maximum atomic E-state index is 11.1. The fourth-order valence-electron chi connectivity index (χ4n) is 1.77. The zero-order chi connectivity index (χ0) is 13.1. The molecule has 1 aromatic heterocycles. The molecule has 0 unspecified atom stereocenters. The van der Waals surface area contributed by atoms with Gasteiger partial charge in [0.2, 0.25) is 0 Å². The molecule has 0 aliphatic rings. The van der Waals surface area contributed by atoms with Gasteiger partial charge in [0, 0.05) is 11.4 Å². The summed E-state index contributed by atoms with van der Waals surface area (Å²) in [5.74, 6) is 0. The van der Waals surface area contributed by atoms with Gasteiger partial charge in [-0.25, -0.2) is 0 Å². The third kappa shape index (κ3) is 2.45. The number of anilines is 2. The summed E-state index contributed by atoms with van der Waals surface area (Å²) in [5, 5.41) is 14.1. The smallest absolute Gasteiger partial charge is 0.313 e. The van der Waals surface area contributed by atoms with Crippen LogP contribution in [0.25, 0.3) is 0 Å². The molecule has 0 bridgehead atoms. The second-order valence-electron chi connectivity index (χ2n) is 3.92. The van der Waals surface area contributed by atoms with Crippen molar-refractivity contribution in [1.29, 1.82) is 0 Å². The molecule has 0 saturated carbocycles. The van der Waals surface area contributed by atoms with E-state index >= 15 is 0 Å². The van der Waals surface area contributed by atoms with Crippen molar-refractivity contribution in [2.24, 2.45) is 0 Å². The quantitative estimate of drug-likeness (QED) is 0.663. The monoisotopic (exact) mass is 242 g/mol. The van der Waals surface area contributed by atoms with Gasteiger partial charge in [0.05, 0.1) is 4.92 Å². The maximum Gasteiger partial charge on any atom is 0.313 e. The van der Waals surface area contributed by atoms with Crippen LogP contribution in [0.4, 0.5) is 17.1 Å². The molecule has 0 spiro atoms. The molecule has 0 aliphatic carbocycles. The predicted molar refractivity (Wildman–Crippen MR) is 68.9 cm³/mol. The van der Waals surface area contributed by atoms with Crippen LogP contribution < -0.4 is 5.32 Å². The Morgan fingerprint density at radius 1 is 1.44 bits per heavy atom. The van der Waals surface area contributed by atoms with Crippen molar-refractivity contribution < 1.29 is 4.92 Å². The van der Waals surface area contributed by atoms with E-state index in [0.29, 0.717) is 11.4 Å². The number of hydrogen-bond acceptors (Lipinski definition) is 4. The zero-order valence-electron chi connectivity index (χ0n) is 10.1. The number of aryl methyl sites for hydroxylation is 2. The lowest BCUT2D eigenvalue weighted by molar-refractivity contribution is -0.384. The first kappa shape index (κ1) is 12.0. The van der Waals surface area contributed by atoms with Gasteiger partial charge in [-0.3, -0.25) is 15.1 Å². The van der Waals surface area contributed by atoms with Gasteiger partial charge in [-0.15, -0.1) is 0 Å². The summed E-state index contributed by atoms with van der Waals surface area (Å²) >= 11 is 0. The Morgan fingerprint density at radius 2 is 2.22 bits per heavy atom. The van der Waals surface area contributed by atoms with Gasteiger partial charge in [-0.2, -0.15) is 0 Å². The minimum absolute atomic E-state index is 0.00412. The van der Waals surface area contributed by atoms with Crippen LogP contribution in [0.15, 0.2) is 30.3 Å². The number of nitrogens with one attached hydrogen (secondary N) is 1. The zero-order valence-corrected chi connectivity index (χ0v) is 10.1. The van der Waals surface area contributed by atoms with Crippen LogP contribution in [-0.4, -0.2) is 9.91 Å². The molecule has 1 N–H and O–H groups in total. The van der Waals surface area contributed by atoms with Crippen molar-refractivity contribution in [3.8, 4) is 0 Å². The van der Waals surface area contributed by atoms with Crippen molar-refractivity contribution in [2.45, 2.75) is 13.8 Å². The summed E-state index contributed by atoms with van der Waals surface area (Å²) in [6.07, 6.45) is 0. The minimum atomic E-state index is -0.420. The molecule has 5 nitrogen and oxygen atoms in total. The van der Waals surface area contributed by atoms with Gasteiger partial charge in [0.1, 0.15) is 11.4 Å². The first-order chi connectivity index (χ1) is 8.58. The Kier molecular flexibility index (Phi) is 3.23. The number of pyridine rings is 1. The summed E-state index contributed by atoms with van der Waals surface area (Å²) in [6.45, 7) is 3.44. The van der Waals surface area contributed by atoms with Gasteiger partial charge in [0.15, 0.2) is 0 Å². The molecule has 18 heavy (non-hydrogen) atoms. The fourth-order valence-corrected chi connectivity index (χ4v) is 1.77. The summed E-state index contributed by atoms with van der Waals surface area (Å²) in [5.41, 5.74) is 2.35. The third-order valence-corrected chi connectivity index (χ3v) is 2.46. The Bertz CT molecular complexity index is 582. The molecule has 0 atom stereocenters. The highest BCUT2D eigenvalue weighted by molar-refractivity contribution is 5.70. The van der Waals surface area contributed by atoms with Crippen LogP contribution in [0.3, 0.4) is 0 Å². The molecule has 1 radical (unpaired) electrons. The standard InChI is InChI=1S/C13H12N3O2/c1-9-8-12(13(16(17)18)10(2)14-9)15-11-6-4-3-5-7-11/h3-4,6-8H,1-2H3,(H,14,15). The molecule has 0 saturated heterocycles. The molecule has 2 aromatic rings. The number of nitro groups is 1. The average Bonchev–Trinajstić information content (AvgIpc) is 2.28. The van der Waals surface area contributed by atoms with Crippen LogP contribution in [0.2, 0.25) is 0 Å². The summed E-state index contributed by atoms with van der Waals surface area (Å²) in [6, 6.07) is 11.7. The van der Waals surface area contributed by atoms with E-state index < -0.39 is 4.92 Å². The second-order valence-corrected chi connectivity index (χ2v) is 3.92. The van der Waals surface area contributed by atoms with Crippen molar-refractivity contribution in [2.75, 3.05) is 5.32 Å². The van der Waals surface area contributed by atoms with Crippen LogP contribution in [0.5, 0.6) is 0 Å². The second kappa shape index (κ2) is 4.83. The summed E-state index contributed by atoms with van der Waals surface area (Å²) in [7, 11) is 0. The number of rotatable bonds is 3. The van der Waals surface area contributed by atoms with Gasteiger partial charge < -0.3 is 5.32 Å². The van der Waals surface area contributed by atoms with E-state index in [1.165, 1.54) is 0 Å². The lowest BCUT2D eigenvalue weighted by atomic mass is 10.2. The van der Waals surface area contributed by atoms with Crippen LogP contribution >= 0.6 is 0 Å². The van der Waals surface area contributed by atoms with Gasteiger partial charge in [-0.05, 0) is 38.1 Å². The maximum absolute atomic E-state index is 11.1. The number of aromatic nitrogens is 1. The third-order valence-electron chi connectivity index (χ3n) is 2.46. The molecule has 0 amide bonds. The van der Waals surface area contributed by atoms with E-state index in [-0.39, 0.29) is 5.69 Å². The van der Waals surface area contributed by atoms with E-state index in [2.05, 4.69) is 16.4 Å². The Balaban J connectivity index is 2.46. The molecule has 2 rings (SSSR count). The molecular formula is C13H12N3O2. The highest BCUT2D eigenvalue weighted by Crippen LogP contribution is 2.30.